The molecule has 23 heavy (non-hydrogen) atoms. The number of rotatable bonds is 6. The average molecular weight is 329 g/mol. The molecule has 0 aliphatic heterocycles. The van der Waals surface area contributed by atoms with Crippen molar-refractivity contribution in [2.45, 2.75) is 31.9 Å². The molecule has 1 N–H and O–H groups in total. The maximum Gasteiger partial charge on any atom is 0.206 e. The maximum absolute atomic E-state index is 5.88. The molecule has 0 atom stereocenters. The molecule has 0 radical (unpaired) electrons. The van der Waals surface area contributed by atoms with Crippen LogP contribution in [0.1, 0.15) is 25.0 Å². The lowest BCUT2D eigenvalue weighted by molar-refractivity contribution is 0.120. The van der Waals surface area contributed by atoms with Crippen LogP contribution >= 0.6 is 11.3 Å². The Morgan fingerprint density at radius 1 is 1.30 bits per heavy atom. The van der Waals surface area contributed by atoms with Gasteiger partial charge in [0.15, 0.2) is 5.01 Å². The first-order valence-corrected chi connectivity index (χ1v) is 8.28. The van der Waals surface area contributed by atoms with Gasteiger partial charge in [-0.1, -0.05) is 16.5 Å². The van der Waals surface area contributed by atoms with Gasteiger partial charge >= 0.3 is 0 Å². The van der Waals surface area contributed by atoms with E-state index in [0.29, 0.717) is 18.3 Å². The molecule has 0 amide bonds. The summed E-state index contributed by atoms with van der Waals surface area (Å²) in [7, 11) is 0. The van der Waals surface area contributed by atoms with E-state index in [1.807, 2.05) is 12.1 Å². The van der Waals surface area contributed by atoms with Crippen LogP contribution in [-0.4, -0.2) is 26.4 Å². The second-order valence-corrected chi connectivity index (χ2v) is 6.28. The first-order chi connectivity index (χ1) is 11.4. The van der Waals surface area contributed by atoms with Crippen LogP contribution in [0.2, 0.25) is 0 Å². The Morgan fingerprint density at radius 3 is 3.04 bits per heavy atom. The van der Waals surface area contributed by atoms with Gasteiger partial charge < -0.3 is 14.6 Å². The van der Waals surface area contributed by atoms with Crippen molar-refractivity contribution >= 4 is 16.5 Å². The van der Waals surface area contributed by atoms with Gasteiger partial charge in [0.25, 0.3) is 0 Å². The molecule has 1 fully saturated rings. The van der Waals surface area contributed by atoms with Gasteiger partial charge in [0.2, 0.25) is 5.13 Å². The zero-order valence-electron chi connectivity index (χ0n) is 12.3. The normalized spacial score (nSPS) is 14.4. The molecule has 3 aromatic rings. The number of aromatic nitrogens is 4. The van der Waals surface area contributed by atoms with E-state index in [2.05, 4.69) is 25.7 Å². The van der Waals surface area contributed by atoms with Crippen LogP contribution in [0.5, 0.6) is 5.75 Å². The summed E-state index contributed by atoms with van der Waals surface area (Å²) in [5.74, 6) is 0.877. The van der Waals surface area contributed by atoms with E-state index in [-0.39, 0.29) is 0 Å². The minimum atomic E-state index is 0.367. The van der Waals surface area contributed by atoms with Crippen molar-refractivity contribution in [2.24, 2.45) is 0 Å². The SMILES string of the molecule is c1cc(OC2CCC2)cc(CNc2nnc(-c3ccon3)s2)n1. The molecule has 1 aliphatic rings. The van der Waals surface area contributed by atoms with Gasteiger partial charge in [-0.05, 0) is 25.3 Å². The monoisotopic (exact) mass is 329 g/mol. The van der Waals surface area contributed by atoms with Gasteiger partial charge in [0, 0.05) is 18.3 Å². The third-order valence-corrected chi connectivity index (χ3v) is 4.55. The van der Waals surface area contributed by atoms with E-state index < -0.39 is 0 Å². The highest BCUT2D eigenvalue weighted by Gasteiger charge is 2.19. The quantitative estimate of drug-likeness (QED) is 0.743. The molecule has 3 aromatic heterocycles. The summed E-state index contributed by atoms with van der Waals surface area (Å²) in [6, 6.07) is 5.62. The van der Waals surface area contributed by atoms with Crippen LogP contribution in [0.4, 0.5) is 5.13 Å². The Morgan fingerprint density at radius 2 is 2.26 bits per heavy atom. The number of nitrogens with one attached hydrogen (secondary N) is 1. The molecule has 7 nitrogen and oxygen atoms in total. The molecule has 0 unspecified atom stereocenters. The number of nitrogens with zero attached hydrogens (tertiary/aromatic N) is 4. The van der Waals surface area contributed by atoms with Crippen molar-refractivity contribution < 1.29 is 9.26 Å². The van der Waals surface area contributed by atoms with Crippen LogP contribution in [0.3, 0.4) is 0 Å². The molecule has 1 aliphatic carbocycles. The molecule has 4 rings (SSSR count). The second kappa shape index (κ2) is 6.33. The topological polar surface area (TPSA) is 86.0 Å². The largest absolute Gasteiger partial charge is 0.490 e. The third-order valence-electron chi connectivity index (χ3n) is 3.65. The zero-order chi connectivity index (χ0) is 15.5. The number of ether oxygens (including phenoxy) is 1. The molecule has 0 spiro atoms. The number of anilines is 1. The average Bonchev–Trinajstić information content (AvgIpc) is 3.20. The third kappa shape index (κ3) is 3.31. The summed E-state index contributed by atoms with van der Waals surface area (Å²) in [4.78, 5) is 4.35. The maximum atomic E-state index is 5.88. The summed E-state index contributed by atoms with van der Waals surface area (Å²) in [6.45, 7) is 0.565. The second-order valence-electron chi connectivity index (χ2n) is 5.30. The summed E-state index contributed by atoms with van der Waals surface area (Å²) in [5.41, 5.74) is 1.59. The fourth-order valence-electron chi connectivity index (χ4n) is 2.19. The molecule has 3 heterocycles. The molecule has 8 heteroatoms. The van der Waals surface area contributed by atoms with Gasteiger partial charge in [-0.15, -0.1) is 10.2 Å². The molecule has 1 saturated carbocycles. The van der Waals surface area contributed by atoms with Crippen molar-refractivity contribution in [3.8, 4) is 16.5 Å². The van der Waals surface area contributed by atoms with Gasteiger partial charge in [0.1, 0.15) is 17.7 Å². The Hall–Kier alpha value is -2.48. The van der Waals surface area contributed by atoms with Crippen molar-refractivity contribution in [1.29, 1.82) is 0 Å². The lowest BCUT2D eigenvalue weighted by atomic mass is 9.96. The Balaban J connectivity index is 1.38. The van der Waals surface area contributed by atoms with Crippen molar-refractivity contribution in [1.82, 2.24) is 20.3 Å². The van der Waals surface area contributed by atoms with E-state index in [9.17, 15) is 0 Å². The number of pyridine rings is 1. The van der Waals surface area contributed by atoms with E-state index in [0.717, 1.165) is 34.4 Å². The van der Waals surface area contributed by atoms with Crippen molar-refractivity contribution in [3.63, 3.8) is 0 Å². The van der Waals surface area contributed by atoms with Gasteiger partial charge in [0.05, 0.1) is 18.3 Å². The van der Waals surface area contributed by atoms with Gasteiger partial charge in [-0.2, -0.15) is 0 Å². The van der Waals surface area contributed by atoms with Crippen LogP contribution in [-0.2, 0) is 6.54 Å². The van der Waals surface area contributed by atoms with E-state index in [1.54, 1.807) is 12.3 Å². The Bertz CT molecular complexity index is 770. The summed E-state index contributed by atoms with van der Waals surface area (Å²) in [6.07, 6.45) is 7.20. The van der Waals surface area contributed by atoms with E-state index >= 15 is 0 Å². The van der Waals surface area contributed by atoms with Crippen LogP contribution in [0.15, 0.2) is 35.2 Å². The minimum Gasteiger partial charge on any atom is -0.490 e. The lowest BCUT2D eigenvalue weighted by Gasteiger charge is -2.26. The highest BCUT2D eigenvalue weighted by Crippen LogP contribution is 2.26. The number of hydrogen-bond donors (Lipinski definition) is 1. The standard InChI is InChI=1S/C15H15N5O2S/c1-2-11(3-1)22-12-4-6-16-10(8-12)9-17-15-19-18-14(23-15)13-5-7-21-20-13/h4-8,11H,1-3,9H2,(H,17,19). The fourth-order valence-corrected chi connectivity index (χ4v) is 2.89. The molecular weight excluding hydrogens is 314 g/mol. The minimum absolute atomic E-state index is 0.367. The zero-order valence-corrected chi connectivity index (χ0v) is 13.1. The molecule has 0 bridgehead atoms. The highest BCUT2D eigenvalue weighted by atomic mass is 32.1. The lowest BCUT2D eigenvalue weighted by Crippen LogP contribution is -2.24. The highest BCUT2D eigenvalue weighted by molar-refractivity contribution is 7.18. The van der Waals surface area contributed by atoms with E-state index in [1.165, 1.54) is 24.0 Å². The van der Waals surface area contributed by atoms with Crippen LogP contribution in [0.25, 0.3) is 10.7 Å². The van der Waals surface area contributed by atoms with Crippen LogP contribution in [0, 0.1) is 0 Å². The fraction of sp³-hybridized carbons (Fsp3) is 0.333. The first-order valence-electron chi connectivity index (χ1n) is 7.46. The summed E-state index contributed by atoms with van der Waals surface area (Å²) >= 11 is 1.42. The molecular formula is C15H15N5O2S. The summed E-state index contributed by atoms with van der Waals surface area (Å²) < 4.78 is 10.7. The first kappa shape index (κ1) is 14.1. The Labute approximate surface area is 136 Å². The number of hydrogen-bond acceptors (Lipinski definition) is 8. The predicted molar refractivity (Wildman–Crippen MR) is 85.2 cm³/mol. The van der Waals surface area contributed by atoms with Crippen molar-refractivity contribution in [3.05, 3.63) is 36.4 Å². The van der Waals surface area contributed by atoms with Crippen molar-refractivity contribution in [2.75, 3.05) is 5.32 Å². The molecule has 0 aromatic carbocycles. The Kier molecular flexibility index (Phi) is 3.89. The van der Waals surface area contributed by atoms with E-state index in [4.69, 9.17) is 9.26 Å². The molecule has 118 valence electrons. The predicted octanol–water partition coefficient (Wildman–Crippen LogP) is 3.13. The summed E-state index contributed by atoms with van der Waals surface area (Å²) in [5, 5.41) is 16.7. The van der Waals surface area contributed by atoms with Crippen LogP contribution < -0.4 is 10.1 Å². The van der Waals surface area contributed by atoms with Gasteiger partial charge in [-0.3, -0.25) is 4.98 Å². The molecule has 0 saturated heterocycles. The smallest absolute Gasteiger partial charge is 0.206 e. The van der Waals surface area contributed by atoms with Gasteiger partial charge in [-0.25, -0.2) is 0 Å².